The predicted octanol–water partition coefficient (Wildman–Crippen LogP) is 5.01. The van der Waals surface area contributed by atoms with Gasteiger partial charge in [0, 0.05) is 19.2 Å². The third kappa shape index (κ3) is 7.06. The van der Waals surface area contributed by atoms with Crippen LogP contribution in [-0.4, -0.2) is 38.3 Å². The number of hydrogen-bond acceptors (Lipinski definition) is 4. The zero-order chi connectivity index (χ0) is 19.4. The van der Waals surface area contributed by atoms with Gasteiger partial charge in [-0.05, 0) is 36.9 Å². The molecule has 4 nitrogen and oxygen atoms in total. The maximum Gasteiger partial charge on any atom is 0.131 e. The summed E-state index contributed by atoms with van der Waals surface area (Å²) >= 11 is 0. The first-order chi connectivity index (χ1) is 13.8. The molecule has 3 aromatic carbocycles. The van der Waals surface area contributed by atoms with Gasteiger partial charge in [0.05, 0.1) is 13.2 Å². The van der Waals surface area contributed by atoms with Gasteiger partial charge in [-0.1, -0.05) is 54.6 Å². The predicted molar refractivity (Wildman–Crippen MR) is 112 cm³/mol. The normalized spacial score (nSPS) is 10.8. The molecule has 3 aromatic rings. The van der Waals surface area contributed by atoms with E-state index in [1.165, 1.54) is 5.56 Å². The van der Waals surface area contributed by atoms with E-state index in [1.807, 2.05) is 60.7 Å². The van der Waals surface area contributed by atoms with Crippen LogP contribution in [0.3, 0.4) is 0 Å². The summed E-state index contributed by atoms with van der Waals surface area (Å²) in [7, 11) is 2.10. The van der Waals surface area contributed by atoms with Crippen molar-refractivity contribution in [1.29, 1.82) is 0 Å². The number of benzene rings is 3. The molecule has 0 saturated carbocycles. The molecule has 0 amide bonds. The molecule has 3 rings (SSSR count). The third-order valence-corrected chi connectivity index (χ3v) is 4.19. The van der Waals surface area contributed by atoms with E-state index in [-0.39, 0.29) is 0 Å². The number of ether oxygens (including phenoxy) is 3. The highest BCUT2D eigenvalue weighted by Gasteiger charge is 2.02. The van der Waals surface area contributed by atoms with Crippen molar-refractivity contribution >= 4 is 0 Å². The molecule has 0 radical (unpaired) electrons. The summed E-state index contributed by atoms with van der Waals surface area (Å²) in [6.45, 7) is 3.56. The Hall–Kier alpha value is -2.82. The van der Waals surface area contributed by atoms with E-state index in [1.54, 1.807) is 0 Å². The minimum absolute atomic E-state index is 0.511. The lowest BCUT2D eigenvalue weighted by Crippen LogP contribution is -2.23. The lowest BCUT2D eigenvalue weighted by molar-refractivity contribution is 0.0836. The van der Waals surface area contributed by atoms with E-state index in [0.717, 1.165) is 30.3 Å². The van der Waals surface area contributed by atoms with Crippen LogP contribution < -0.4 is 9.47 Å². The molecule has 0 unspecified atom stereocenters. The van der Waals surface area contributed by atoms with Crippen molar-refractivity contribution in [2.75, 3.05) is 33.4 Å². The van der Waals surface area contributed by atoms with Gasteiger partial charge in [-0.25, -0.2) is 0 Å². The second-order valence-corrected chi connectivity index (χ2v) is 6.57. The summed E-state index contributed by atoms with van der Waals surface area (Å²) in [5.74, 6) is 2.34. The van der Waals surface area contributed by atoms with Gasteiger partial charge in [-0.2, -0.15) is 0 Å². The minimum atomic E-state index is 0.511. The average Bonchev–Trinajstić information content (AvgIpc) is 2.72. The highest BCUT2D eigenvalue weighted by Crippen LogP contribution is 2.24. The zero-order valence-corrected chi connectivity index (χ0v) is 16.3. The van der Waals surface area contributed by atoms with Crippen LogP contribution in [0.15, 0.2) is 84.9 Å². The van der Waals surface area contributed by atoms with Crippen molar-refractivity contribution in [1.82, 2.24) is 4.90 Å². The number of para-hydroxylation sites is 1. The Kier molecular flexibility index (Phi) is 7.91. The van der Waals surface area contributed by atoms with E-state index in [2.05, 4.69) is 36.2 Å². The molecule has 0 spiro atoms. The van der Waals surface area contributed by atoms with Crippen molar-refractivity contribution < 1.29 is 14.2 Å². The first-order valence-corrected chi connectivity index (χ1v) is 9.55. The lowest BCUT2D eigenvalue weighted by atomic mass is 10.2. The fourth-order valence-corrected chi connectivity index (χ4v) is 2.77. The van der Waals surface area contributed by atoms with Crippen LogP contribution in [0.1, 0.15) is 5.56 Å². The lowest BCUT2D eigenvalue weighted by Gasteiger charge is -2.16. The average molecular weight is 377 g/mol. The van der Waals surface area contributed by atoms with Gasteiger partial charge in [0.25, 0.3) is 0 Å². The van der Waals surface area contributed by atoms with Crippen LogP contribution >= 0.6 is 0 Å². The quantitative estimate of drug-likeness (QED) is 0.440. The van der Waals surface area contributed by atoms with Crippen LogP contribution in [0.2, 0.25) is 0 Å². The van der Waals surface area contributed by atoms with Gasteiger partial charge in [0.1, 0.15) is 23.9 Å². The van der Waals surface area contributed by atoms with Crippen LogP contribution in [0.5, 0.6) is 17.2 Å². The van der Waals surface area contributed by atoms with Gasteiger partial charge in [0.15, 0.2) is 0 Å². The number of likely N-dealkylation sites (N-methyl/N-ethyl adjacent to an activating group) is 1. The molecule has 0 aliphatic heterocycles. The van der Waals surface area contributed by atoms with Crippen LogP contribution in [0.4, 0.5) is 0 Å². The highest BCUT2D eigenvalue weighted by molar-refractivity contribution is 5.36. The minimum Gasteiger partial charge on any atom is -0.491 e. The summed E-state index contributed by atoms with van der Waals surface area (Å²) in [6.07, 6.45) is 0. The Morgan fingerprint density at radius 3 is 2.14 bits per heavy atom. The highest BCUT2D eigenvalue weighted by atomic mass is 16.5. The smallest absolute Gasteiger partial charge is 0.131 e. The van der Waals surface area contributed by atoms with Crippen LogP contribution in [0.25, 0.3) is 0 Å². The Labute approximate surface area is 167 Å². The summed E-state index contributed by atoms with van der Waals surface area (Å²) in [5, 5.41) is 0. The molecule has 0 aliphatic carbocycles. The van der Waals surface area contributed by atoms with E-state index in [0.29, 0.717) is 19.8 Å². The van der Waals surface area contributed by atoms with Gasteiger partial charge >= 0.3 is 0 Å². The standard InChI is InChI=1S/C24H27NO3/c1-25(20-21-9-4-2-5-10-21)15-16-26-17-18-27-23-13-8-14-24(19-23)28-22-11-6-3-7-12-22/h2-14,19H,15-18,20H2,1H3. The van der Waals surface area contributed by atoms with E-state index >= 15 is 0 Å². The number of nitrogens with zero attached hydrogens (tertiary/aromatic N) is 1. The molecule has 28 heavy (non-hydrogen) atoms. The Bertz CT molecular complexity index is 808. The van der Waals surface area contributed by atoms with Crippen LogP contribution in [-0.2, 0) is 11.3 Å². The molecule has 4 heteroatoms. The summed E-state index contributed by atoms with van der Waals surface area (Å²) < 4.78 is 17.3. The third-order valence-electron chi connectivity index (χ3n) is 4.19. The maximum absolute atomic E-state index is 5.82. The molecule has 0 aliphatic rings. The fourth-order valence-electron chi connectivity index (χ4n) is 2.77. The van der Waals surface area contributed by atoms with Gasteiger partial charge in [-0.3, -0.25) is 4.90 Å². The molecule has 146 valence electrons. The maximum atomic E-state index is 5.82. The largest absolute Gasteiger partial charge is 0.491 e. The van der Waals surface area contributed by atoms with Crippen molar-refractivity contribution in [3.8, 4) is 17.2 Å². The molecule has 0 N–H and O–H groups in total. The molecular weight excluding hydrogens is 350 g/mol. The molecule has 0 aromatic heterocycles. The Balaban J connectivity index is 1.31. The summed E-state index contributed by atoms with van der Waals surface area (Å²) in [4.78, 5) is 2.25. The second-order valence-electron chi connectivity index (χ2n) is 6.57. The van der Waals surface area contributed by atoms with E-state index in [9.17, 15) is 0 Å². The van der Waals surface area contributed by atoms with Gasteiger partial charge in [0.2, 0.25) is 0 Å². The first-order valence-electron chi connectivity index (χ1n) is 9.55. The topological polar surface area (TPSA) is 30.9 Å². The molecule has 0 atom stereocenters. The van der Waals surface area contributed by atoms with Gasteiger partial charge in [-0.15, -0.1) is 0 Å². The number of hydrogen-bond donors (Lipinski definition) is 0. The van der Waals surface area contributed by atoms with E-state index < -0.39 is 0 Å². The Morgan fingerprint density at radius 1 is 0.679 bits per heavy atom. The van der Waals surface area contributed by atoms with Crippen LogP contribution in [0, 0.1) is 0 Å². The molecule has 0 heterocycles. The van der Waals surface area contributed by atoms with Crippen molar-refractivity contribution in [3.05, 3.63) is 90.5 Å². The van der Waals surface area contributed by atoms with Crippen molar-refractivity contribution in [2.24, 2.45) is 0 Å². The molecular formula is C24H27NO3. The summed E-state index contributed by atoms with van der Waals surface area (Å²) in [6, 6.07) is 27.8. The zero-order valence-electron chi connectivity index (χ0n) is 16.3. The second kappa shape index (κ2) is 11.1. The Morgan fingerprint density at radius 2 is 1.36 bits per heavy atom. The first kappa shape index (κ1) is 19.9. The van der Waals surface area contributed by atoms with Crippen molar-refractivity contribution in [3.63, 3.8) is 0 Å². The van der Waals surface area contributed by atoms with Gasteiger partial charge < -0.3 is 14.2 Å². The summed E-state index contributed by atoms with van der Waals surface area (Å²) in [5.41, 5.74) is 1.31. The monoisotopic (exact) mass is 377 g/mol. The SMILES string of the molecule is CN(CCOCCOc1cccc(Oc2ccccc2)c1)Cc1ccccc1. The van der Waals surface area contributed by atoms with Crippen molar-refractivity contribution in [2.45, 2.75) is 6.54 Å². The number of rotatable bonds is 11. The molecule has 0 bridgehead atoms. The fraction of sp³-hybridized carbons (Fsp3) is 0.250. The molecule has 0 fully saturated rings. The molecule has 0 saturated heterocycles. The van der Waals surface area contributed by atoms with E-state index in [4.69, 9.17) is 14.2 Å².